The molecule has 1 aromatic carbocycles. The maximum atomic E-state index is 12.0. The molecular weight excluding hydrogens is 358 g/mol. The number of hydrogen-bond donors (Lipinski definition) is 1. The molecule has 0 spiro atoms. The Morgan fingerprint density at radius 3 is 2.46 bits per heavy atom. The number of aromatic nitrogens is 1. The van der Waals surface area contributed by atoms with Gasteiger partial charge in [-0.1, -0.05) is 25.3 Å². The van der Waals surface area contributed by atoms with Gasteiger partial charge in [-0.2, -0.15) is 0 Å². The van der Waals surface area contributed by atoms with Crippen molar-refractivity contribution in [2.75, 3.05) is 5.75 Å². The number of nitrogens with one attached hydrogen (secondary N) is 1. The second kappa shape index (κ2) is 8.11. The number of H-pyrrole nitrogens is 1. The zero-order valence-electron chi connectivity index (χ0n) is 14.7. The highest BCUT2D eigenvalue weighted by Gasteiger charge is 2.27. The highest BCUT2D eigenvalue weighted by Crippen LogP contribution is 2.22. The Balaban J connectivity index is 1.67. The number of fused-ring (bicyclic) bond motifs is 1. The highest BCUT2D eigenvalue weighted by atomic mass is 32.2. The van der Waals surface area contributed by atoms with Gasteiger partial charge in [-0.05, 0) is 69.9 Å². The lowest BCUT2D eigenvalue weighted by Gasteiger charge is -2.18. The van der Waals surface area contributed by atoms with Crippen molar-refractivity contribution in [3.05, 3.63) is 27.7 Å². The lowest BCUT2D eigenvalue weighted by molar-refractivity contribution is 0.552. The van der Waals surface area contributed by atoms with Gasteiger partial charge >= 0.3 is 0 Å². The van der Waals surface area contributed by atoms with Crippen LogP contribution in [0.25, 0.3) is 10.2 Å². The molecule has 0 aliphatic rings. The summed E-state index contributed by atoms with van der Waals surface area (Å²) in [6.07, 6.45) is 6.22. The molecule has 1 N–H and O–H groups in total. The van der Waals surface area contributed by atoms with Gasteiger partial charge in [0.25, 0.3) is 0 Å². The van der Waals surface area contributed by atoms with Crippen molar-refractivity contribution in [1.82, 2.24) is 4.98 Å². The number of aromatic amines is 1. The van der Waals surface area contributed by atoms with Gasteiger partial charge in [0.05, 0.1) is 20.7 Å². The van der Waals surface area contributed by atoms with Crippen molar-refractivity contribution >= 4 is 43.6 Å². The topological polar surface area (TPSA) is 49.9 Å². The lowest BCUT2D eigenvalue weighted by Crippen LogP contribution is -2.30. The summed E-state index contributed by atoms with van der Waals surface area (Å²) in [6, 6.07) is 6.51. The molecular formula is C18H27NO2S3. The van der Waals surface area contributed by atoms with E-state index in [0.29, 0.717) is 5.75 Å². The van der Waals surface area contributed by atoms with E-state index in [0.717, 1.165) is 48.0 Å². The summed E-state index contributed by atoms with van der Waals surface area (Å²) in [4.78, 5) is 3.22. The summed E-state index contributed by atoms with van der Waals surface area (Å²) >= 11 is 6.78. The van der Waals surface area contributed by atoms with Crippen LogP contribution in [0.4, 0.5) is 0 Å². The number of aryl methyl sites for hydroxylation is 1. The molecule has 0 aliphatic carbocycles. The van der Waals surface area contributed by atoms with Gasteiger partial charge in [-0.25, -0.2) is 8.42 Å². The zero-order valence-corrected chi connectivity index (χ0v) is 17.2. The second-order valence-corrected chi connectivity index (χ2v) is 11.9. The molecule has 0 radical (unpaired) electrons. The lowest BCUT2D eigenvalue weighted by atomic mass is 10.1. The molecule has 134 valence electrons. The second-order valence-electron chi connectivity index (χ2n) is 7.29. The van der Waals surface area contributed by atoms with Crippen molar-refractivity contribution in [3.8, 4) is 0 Å². The summed E-state index contributed by atoms with van der Waals surface area (Å²) in [5.41, 5.74) is 2.47. The van der Waals surface area contributed by atoms with Gasteiger partial charge < -0.3 is 4.98 Å². The molecule has 0 aliphatic heterocycles. The van der Waals surface area contributed by atoms with Crippen molar-refractivity contribution in [3.63, 3.8) is 0 Å². The first-order valence-corrected chi connectivity index (χ1v) is 11.4. The summed E-state index contributed by atoms with van der Waals surface area (Å²) in [5.74, 6) is 0.310. The molecule has 1 heterocycles. The first-order valence-electron chi connectivity index (χ1n) is 8.53. The molecule has 0 fully saturated rings. The van der Waals surface area contributed by atoms with Gasteiger partial charge in [-0.3, -0.25) is 0 Å². The van der Waals surface area contributed by atoms with Crippen LogP contribution in [0.2, 0.25) is 0 Å². The predicted molar refractivity (Wildman–Crippen MR) is 107 cm³/mol. The molecule has 2 rings (SSSR count). The fraction of sp³-hybridized carbons (Fsp3) is 0.611. The van der Waals surface area contributed by atoms with Crippen LogP contribution >= 0.6 is 23.6 Å². The molecule has 2 aromatic rings. The monoisotopic (exact) mass is 385 g/mol. The van der Waals surface area contributed by atoms with Crippen molar-refractivity contribution < 1.29 is 8.42 Å². The summed E-state index contributed by atoms with van der Waals surface area (Å²) in [5, 5.41) is 0. The van der Waals surface area contributed by atoms with Crippen LogP contribution in [0.15, 0.2) is 18.2 Å². The number of thiazole rings is 1. The first-order chi connectivity index (χ1) is 11.2. The van der Waals surface area contributed by atoms with Crippen molar-refractivity contribution in [2.45, 2.75) is 64.0 Å². The Bertz CT molecular complexity index is 826. The van der Waals surface area contributed by atoms with Crippen LogP contribution in [0.1, 0.15) is 58.4 Å². The Labute approximate surface area is 154 Å². The minimum Gasteiger partial charge on any atom is -0.337 e. The van der Waals surface area contributed by atoms with E-state index in [1.165, 1.54) is 10.3 Å². The standard InChI is InChI=1S/C18H27NO2S3/c1-18(2,3)24(20,21)12-8-6-4-5-7-9-14-10-11-16-15(13-14)19-17(22)23-16/h10-11,13H,4-9,12H2,1-3H3,(H,19,22). The largest absolute Gasteiger partial charge is 0.337 e. The first kappa shape index (κ1) is 19.6. The van der Waals surface area contributed by atoms with Gasteiger partial charge in [0.1, 0.15) is 0 Å². The third kappa shape index (κ3) is 5.39. The van der Waals surface area contributed by atoms with Gasteiger partial charge in [0.2, 0.25) is 0 Å². The van der Waals surface area contributed by atoms with E-state index < -0.39 is 14.6 Å². The minimum absolute atomic E-state index is 0.310. The fourth-order valence-corrected chi connectivity index (χ4v) is 4.90. The molecule has 0 saturated carbocycles. The predicted octanol–water partition coefficient (Wildman–Crippen LogP) is 5.67. The maximum Gasteiger partial charge on any atom is 0.159 e. The molecule has 0 saturated heterocycles. The minimum atomic E-state index is -2.96. The normalized spacial score (nSPS) is 12.8. The van der Waals surface area contributed by atoms with E-state index in [1.807, 2.05) is 0 Å². The van der Waals surface area contributed by atoms with E-state index in [4.69, 9.17) is 12.2 Å². The highest BCUT2D eigenvalue weighted by molar-refractivity contribution is 7.92. The van der Waals surface area contributed by atoms with Gasteiger partial charge in [0, 0.05) is 0 Å². The Hall–Kier alpha value is -0.720. The molecule has 0 atom stereocenters. The SMILES string of the molecule is CC(C)(C)S(=O)(=O)CCCCCCCc1ccc2sc(=S)[nH]c2c1. The summed E-state index contributed by atoms with van der Waals surface area (Å²) in [7, 11) is -2.96. The molecule has 3 nitrogen and oxygen atoms in total. The molecule has 6 heteroatoms. The van der Waals surface area contributed by atoms with E-state index in [2.05, 4.69) is 23.2 Å². The summed E-state index contributed by atoms with van der Waals surface area (Å²) < 4.78 is 25.5. The third-order valence-corrected chi connectivity index (χ3v) is 8.20. The van der Waals surface area contributed by atoms with E-state index in [1.54, 1.807) is 32.1 Å². The van der Waals surface area contributed by atoms with Gasteiger partial charge in [0.15, 0.2) is 13.8 Å². The fourth-order valence-electron chi connectivity index (χ4n) is 2.61. The zero-order chi connectivity index (χ0) is 17.8. The third-order valence-electron chi connectivity index (χ3n) is 4.29. The number of rotatable bonds is 8. The molecule has 1 aromatic heterocycles. The van der Waals surface area contributed by atoms with E-state index in [-0.39, 0.29) is 0 Å². The quantitative estimate of drug-likeness (QED) is 0.471. The number of unbranched alkanes of at least 4 members (excludes halogenated alkanes) is 4. The van der Waals surface area contributed by atoms with Crippen LogP contribution in [0.3, 0.4) is 0 Å². The molecule has 0 unspecified atom stereocenters. The van der Waals surface area contributed by atoms with Crippen LogP contribution in [0.5, 0.6) is 0 Å². The Morgan fingerprint density at radius 2 is 1.75 bits per heavy atom. The van der Waals surface area contributed by atoms with E-state index >= 15 is 0 Å². The van der Waals surface area contributed by atoms with Gasteiger partial charge in [-0.15, -0.1) is 11.3 Å². The van der Waals surface area contributed by atoms with Crippen LogP contribution in [-0.4, -0.2) is 23.9 Å². The van der Waals surface area contributed by atoms with Crippen LogP contribution in [0, 0.1) is 3.95 Å². The maximum absolute atomic E-state index is 12.0. The van der Waals surface area contributed by atoms with Crippen molar-refractivity contribution in [1.29, 1.82) is 0 Å². The number of benzene rings is 1. The molecule has 24 heavy (non-hydrogen) atoms. The van der Waals surface area contributed by atoms with E-state index in [9.17, 15) is 8.42 Å². The van der Waals surface area contributed by atoms with Crippen LogP contribution < -0.4 is 0 Å². The Kier molecular flexibility index (Phi) is 6.62. The molecule has 0 amide bonds. The number of hydrogen-bond acceptors (Lipinski definition) is 4. The van der Waals surface area contributed by atoms with Crippen LogP contribution in [-0.2, 0) is 16.3 Å². The smallest absolute Gasteiger partial charge is 0.159 e. The summed E-state index contributed by atoms with van der Waals surface area (Å²) in [6.45, 7) is 5.33. The Morgan fingerprint density at radius 1 is 1.08 bits per heavy atom. The number of sulfone groups is 1. The average molecular weight is 386 g/mol. The van der Waals surface area contributed by atoms with Crippen molar-refractivity contribution in [2.24, 2.45) is 0 Å². The average Bonchev–Trinajstić information content (AvgIpc) is 2.84. The molecule has 0 bridgehead atoms.